The Morgan fingerprint density at radius 1 is 1.38 bits per heavy atom. The number of benzene rings is 1. The van der Waals surface area contributed by atoms with E-state index >= 15 is 0 Å². The summed E-state index contributed by atoms with van der Waals surface area (Å²) < 4.78 is 37.6. The molecule has 0 radical (unpaired) electrons. The van der Waals surface area contributed by atoms with Crippen LogP contribution in [0.1, 0.15) is 13.0 Å². The Bertz CT molecular complexity index is 672. The Kier molecular flexibility index (Phi) is 4.37. The van der Waals surface area contributed by atoms with Crippen molar-refractivity contribution < 1.29 is 23.0 Å². The molecule has 0 bridgehead atoms. The van der Waals surface area contributed by atoms with Crippen LogP contribution in [0.5, 0.6) is 0 Å². The van der Waals surface area contributed by atoms with E-state index in [0.717, 1.165) is 12.1 Å². The fourth-order valence-electron chi connectivity index (χ4n) is 1.97. The zero-order valence-electron chi connectivity index (χ0n) is 11.6. The molecular formula is C13H15F2N3O3. The monoisotopic (exact) mass is 299 g/mol. The number of hydrogen-bond acceptors (Lipinski definition) is 5. The van der Waals surface area contributed by atoms with E-state index in [4.69, 9.17) is 15.2 Å². The second-order valence-electron chi connectivity index (χ2n) is 4.43. The standard InChI is InChI=1S/C13H15F2N3O3/c1-7(12(19)21-4-3-20-2)18-11-6-9(15)8(14)5-10(11)17-13(18)16/h5-7H,3-4H2,1-2H3,(H2,16,17). The van der Waals surface area contributed by atoms with Crippen molar-refractivity contribution in [3.8, 4) is 0 Å². The Hall–Kier alpha value is -2.22. The molecule has 0 fully saturated rings. The summed E-state index contributed by atoms with van der Waals surface area (Å²) in [4.78, 5) is 15.8. The lowest BCUT2D eigenvalue weighted by molar-refractivity contribution is -0.148. The smallest absolute Gasteiger partial charge is 0.329 e. The van der Waals surface area contributed by atoms with E-state index in [9.17, 15) is 13.6 Å². The molecule has 0 spiro atoms. The average molecular weight is 299 g/mol. The van der Waals surface area contributed by atoms with Crippen LogP contribution >= 0.6 is 0 Å². The van der Waals surface area contributed by atoms with Gasteiger partial charge in [-0.2, -0.15) is 0 Å². The lowest BCUT2D eigenvalue weighted by atomic mass is 10.2. The summed E-state index contributed by atoms with van der Waals surface area (Å²) in [6, 6.07) is 1.06. The molecule has 0 aliphatic heterocycles. The predicted octanol–water partition coefficient (Wildman–Crippen LogP) is 1.65. The van der Waals surface area contributed by atoms with Gasteiger partial charge >= 0.3 is 5.97 Å². The SMILES string of the molecule is COCCOC(=O)C(C)n1c(N)nc2cc(F)c(F)cc21. The van der Waals surface area contributed by atoms with Crippen LogP contribution in [-0.2, 0) is 14.3 Å². The van der Waals surface area contributed by atoms with Gasteiger partial charge in [0.15, 0.2) is 11.6 Å². The molecule has 0 amide bonds. The molecule has 1 heterocycles. The average Bonchev–Trinajstić information content (AvgIpc) is 2.74. The molecule has 114 valence electrons. The second-order valence-corrected chi connectivity index (χ2v) is 4.43. The third-order valence-corrected chi connectivity index (χ3v) is 3.02. The first-order valence-electron chi connectivity index (χ1n) is 6.23. The molecule has 8 heteroatoms. The second kappa shape index (κ2) is 6.04. The van der Waals surface area contributed by atoms with Crippen molar-refractivity contribution in [3.05, 3.63) is 23.8 Å². The third-order valence-electron chi connectivity index (χ3n) is 3.02. The van der Waals surface area contributed by atoms with Gasteiger partial charge in [-0.15, -0.1) is 0 Å². The molecule has 21 heavy (non-hydrogen) atoms. The van der Waals surface area contributed by atoms with Gasteiger partial charge in [-0.05, 0) is 6.92 Å². The van der Waals surface area contributed by atoms with Crippen molar-refractivity contribution in [2.45, 2.75) is 13.0 Å². The van der Waals surface area contributed by atoms with Crippen molar-refractivity contribution in [2.24, 2.45) is 0 Å². The van der Waals surface area contributed by atoms with Gasteiger partial charge in [0.25, 0.3) is 0 Å². The number of anilines is 1. The summed E-state index contributed by atoms with van der Waals surface area (Å²) in [6.45, 7) is 1.89. The minimum absolute atomic E-state index is 0.0220. The first-order chi connectivity index (χ1) is 9.95. The number of fused-ring (bicyclic) bond motifs is 1. The highest BCUT2D eigenvalue weighted by Gasteiger charge is 2.22. The first kappa shape index (κ1) is 15.2. The number of carbonyl (C=O) groups excluding carboxylic acids is 1. The van der Waals surface area contributed by atoms with Crippen molar-refractivity contribution >= 4 is 23.0 Å². The highest BCUT2D eigenvalue weighted by atomic mass is 19.2. The maximum Gasteiger partial charge on any atom is 0.329 e. The number of halogens is 2. The quantitative estimate of drug-likeness (QED) is 0.671. The zero-order chi connectivity index (χ0) is 15.6. The van der Waals surface area contributed by atoms with Gasteiger partial charge in [0.2, 0.25) is 5.95 Å². The number of aromatic nitrogens is 2. The number of imidazole rings is 1. The molecule has 2 rings (SSSR count). The summed E-state index contributed by atoms with van der Waals surface area (Å²) >= 11 is 0. The van der Waals surface area contributed by atoms with Crippen molar-refractivity contribution in [1.82, 2.24) is 9.55 Å². The predicted molar refractivity (Wildman–Crippen MR) is 71.6 cm³/mol. The number of nitrogens with two attached hydrogens (primary N) is 1. The van der Waals surface area contributed by atoms with Gasteiger partial charge in [-0.25, -0.2) is 18.6 Å². The summed E-state index contributed by atoms with van der Waals surface area (Å²) in [7, 11) is 1.48. The van der Waals surface area contributed by atoms with Gasteiger partial charge in [-0.3, -0.25) is 4.57 Å². The summed E-state index contributed by atoms with van der Waals surface area (Å²) in [5.41, 5.74) is 6.12. The summed E-state index contributed by atoms with van der Waals surface area (Å²) in [5.74, 6) is -2.65. The fourth-order valence-corrected chi connectivity index (χ4v) is 1.97. The lowest BCUT2D eigenvalue weighted by Crippen LogP contribution is -2.22. The Morgan fingerprint density at radius 3 is 2.71 bits per heavy atom. The van der Waals surface area contributed by atoms with E-state index < -0.39 is 23.6 Å². The van der Waals surface area contributed by atoms with Crippen molar-refractivity contribution in [1.29, 1.82) is 0 Å². The zero-order valence-corrected chi connectivity index (χ0v) is 11.6. The van der Waals surface area contributed by atoms with E-state index in [1.54, 1.807) is 0 Å². The maximum absolute atomic E-state index is 13.4. The molecule has 1 unspecified atom stereocenters. The van der Waals surface area contributed by atoms with Gasteiger partial charge in [0, 0.05) is 19.2 Å². The lowest BCUT2D eigenvalue weighted by Gasteiger charge is -2.15. The Morgan fingerprint density at radius 2 is 2.05 bits per heavy atom. The molecule has 1 atom stereocenters. The van der Waals surface area contributed by atoms with Crippen molar-refractivity contribution in [2.75, 3.05) is 26.1 Å². The van der Waals surface area contributed by atoms with E-state index in [0.29, 0.717) is 0 Å². The van der Waals surface area contributed by atoms with Gasteiger partial charge in [-0.1, -0.05) is 0 Å². The number of nitrogen functional groups attached to an aromatic ring is 1. The number of ether oxygens (including phenoxy) is 2. The number of nitrogens with zero attached hydrogens (tertiary/aromatic N) is 2. The number of carbonyl (C=O) groups is 1. The molecular weight excluding hydrogens is 284 g/mol. The van der Waals surface area contributed by atoms with Gasteiger partial charge < -0.3 is 15.2 Å². The number of methoxy groups -OCH3 is 1. The highest BCUT2D eigenvalue weighted by Crippen LogP contribution is 2.25. The van der Waals surface area contributed by atoms with Gasteiger partial charge in [0.1, 0.15) is 12.6 Å². The maximum atomic E-state index is 13.4. The van der Waals surface area contributed by atoms with Crippen LogP contribution in [0.4, 0.5) is 14.7 Å². The highest BCUT2D eigenvalue weighted by molar-refractivity contribution is 5.83. The van der Waals surface area contributed by atoms with Crippen LogP contribution in [-0.4, -0.2) is 35.8 Å². The summed E-state index contributed by atoms with van der Waals surface area (Å²) in [6.07, 6.45) is 0. The van der Waals surface area contributed by atoms with Crippen LogP contribution in [0.15, 0.2) is 12.1 Å². The van der Waals surface area contributed by atoms with E-state index in [1.165, 1.54) is 18.6 Å². The molecule has 2 aromatic rings. The van der Waals surface area contributed by atoms with E-state index in [1.807, 2.05) is 0 Å². The minimum atomic E-state index is -1.04. The largest absolute Gasteiger partial charge is 0.462 e. The third kappa shape index (κ3) is 2.94. The molecule has 1 aromatic carbocycles. The Balaban J connectivity index is 2.34. The van der Waals surface area contributed by atoms with E-state index in [-0.39, 0.29) is 30.2 Å². The molecule has 0 aliphatic carbocycles. The number of hydrogen-bond donors (Lipinski definition) is 1. The fraction of sp³-hybridized carbons (Fsp3) is 0.385. The van der Waals surface area contributed by atoms with Crippen LogP contribution in [0, 0.1) is 11.6 Å². The Labute approximate surface area is 119 Å². The first-order valence-corrected chi connectivity index (χ1v) is 6.23. The van der Waals surface area contributed by atoms with E-state index in [2.05, 4.69) is 4.98 Å². The summed E-state index contributed by atoms with van der Waals surface area (Å²) in [5, 5.41) is 0. The number of esters is 1. The van der Waals surface area contributed by atoms with Crippen LogP contribution in [0.25, 0.3) is 11.0 Å². The molecule has 1 aromatic heterocycles. The number of rotatable bonds is 5. The normalized spacial score (nSPS) is 12.6. The molecule has 0 aliphatic rings. The molecule has 2 N–H and O–H groups in total. The van der Waals surface area contributed by atoms with Crippen LogP contribution < -0.4 is 5.73 Å². The molecule has 6 nitrogen and oxygen atoms in total. The van der Waals surface area contributed by atoms with Crippen LogP contribution in [0.3, 0.4) is 0 Å². The van der Waals surface area contributed by atoms with Crippen molar-refractivity contribution in [3.63, 3.8) is 0 Å². The molecule has 0 saturated carbocycles. The van der Waals surface area contributed by atoms with Gasteiger partial charge in [0.05, 0.1) is 17.6 Å². The van der Waals surface area contributed by atoms with Crippen LogP contribution in [0.2, 0.25) is 0 Å². The molecule has 0 saturated heterocycles. The minimum Gasteiger partial charge on any atom is -0.462 e. The topological polar surface area (TPSA) is 79.4 Å².